The van der Waals surface area contributed by atoms with Gasteiger partial charge in [-0.25, -0.2) is 4.79 Å². The van der Waals surface area contributed by atoms with Crippen LogP contribution in [0.15, 0.2) is 30.9 Å². The summed E-state index contributed by atoms with van der Waals surface area (Å²) in [5, 5.41) is 0.783. The first kappa shape index (κ1) is 14.7. The number of fused-ring (bicyclic) bond motifs is 2. The maximum absolute atomic E-state index is 12.9. The van der Waals surface area contributed by atoms with Crippen LogP contribution in [0, 0.1) is 0 Å². The average Bonchev–Trinajstić information content (AvgIpc) is 2.79. The van der Waals surface area contributed by atoms with Crippen LogP contribution in [0.1, 0.15) is 11.5 Å². The number of rotatable bonds is 1. The predicted octanol–water partition coefficient (Wildman–Crippen LogP) is 2.68. The first-order chi connectivity index (χ1) is 12.1. The molecule has 5 rings (SSSR count). The smallest absolute Gasteiger partial charge is 0.333 e. The summed E-state index contributed by atoms with van der Waals surface area (Å²) in [5.74, 6) is 1.35. The van der Waals surface area contributed by atoms with E-state index in [1.165, 1.54) is 0 Å². The lowest BCUT2D eigenvalue weighted by atomic mass is 10.1. The number of imidazole rings is 1. The molecule has 0 N–H and O–H groups in total. The Hall–Kier alpha value is -2.61. The standard InChI is InChI=1S/C17H13BrN4O3/c1-21-10-7-20-8-5-12(24-2)14(18)16-13(8)15(10)22(17(21)23)9-6-19-4-3-11(9)25-16/h5-7H,3-4H2,1-2H3. The highest BCUT2D eigenvalue weighted by Gasteiger charge is 2.24. The van der Waals surface area contributed by atoms with Crippen LogP contribution in [-0.4, -0.2) is 33.8 Å². The van der Waals surface area contributed by atoms with Gasteiger partial charge in [0.25, 0.3) is 0 Å². The van der Waals surface area contributed by atoms with E-state index in [0.717, 1.165) is 22.2 Å². The summed E-state index contributed by atoms with van der Waals surface area (Å²) >= 11 is 3.59. The van der Waals surface area contributed by atoms with Crippen molar-refractivity contribution >= 4 is 49.7 Å². The summed E-state index contributed by atoms with van der Waals surface area (Å²) in [7, 11) is 3.35. The van der Waals surface area contributed by atoms with Gasteiger partial charge in [-0.3, -0.25) is 18.9 Å². The minimum Gasteiger partial charge on any atom is -0.495 e. The van der Waals surface area contributed by atoms with Gasteiger partial charge in [0, 0.05) is 32.3 Å². The minimum atomic E-state index is -0.145. The van der Waals surface area contributed by atoms with Gasteiger partial charge in [0.2, 0.25) is 0 Å². The number of hydrogen-bond acceptors (Lipinski definition) is 5. The average molecular weight is 401 g/mol. The summed E-state index contributed by atoms with van der Waals surface area (Å²) in [4.78, 5) is 21.8. The molecule has 0 amide bonds. The van der Waals surface area contributed by atoms with E-state index in [0.29, 0.717) is 40.0 Å². The largest absolute Gasteiger partial charge is 0.495 e. The van der Waals surface area contributed by atoms with Crippen molar-refractivity contribution in [2.75, 3.05) is 13.7 Å². The first-order valence-corrected chi connectivity index (χ1v) is 8.59. The van der Waals surface area contributed by atoms with Gasteiger partial charge in [0.1, 0.15) is 21.7 Å². The fraction of sp³-hybridized carbons (Fsp3) is 0.235. The van der Waals surface area contributed by atoms with Crippen molar-refractivity contribution in [3.8, 4) is 5.75 Å². The van der Waals surface area contributed by atoms with E-state index in [-0.39, 0.29) is 5.69 Å². The van der Waals surface area contributed by atoms with E-state index in [1.54, 1.807) is 35.5 Å². The molecule has 0 radical (unpaired) electrons. The lowest BCUT2D eigenvalue weighted by Gasteiger charge is -2.08. The molecule has 1 aliphatic heterocycles. The lowest BCUT2D eigenvalue weighted by Crippen LogP contribution is -2.21. The molecule has 3 aromatic heterocycles. The number of benzene rings is 1. The second-order valence-corrected chi connectivity index (χ2v) is 6.77. The van der Waals surface area contributed by atoms with Gasteiger partial charge in [-0.2, -0.15) is 0 Å². The van der Waals surface area contributed by atoms with Crippen LogP contribution < -0.4 is 10.4 Å². The third-order valence-electron chi connectivity index (χ3n) is 4.69. The third kappa shape index (κ3) is 1.77. The van der Waals surface area contributed by atoms with Gasteiger partial charge in [0.05, 0.1) is 35.2 Å². The van der Waals surface area contributed by atoms with Crippen LogP contribution in [0.3, 0.4) is 0 Å². The summed E-state index contributed by atoms with van der Waals surface area (Å²) in [5.41, 5.74) is 3.37. The first-order valence-electron chi connectivity index (χ1n) is 7.79. The number of methoxy groups -OCH3 is 1. The Labute approximate surface area is 149 Å². The van der Waals surface area contributed by atoms with Gasteiger partial charge >= 0.3 is 5.69 Å². The van der Waals surface area contributed by atoms with Gasteiger partial charge in [0.15, 0.2) is 5.58 Å². The molecule has 126 valence electrons. The number of ether oxygens (including phenoxy) is 1. The fourth-order valence-corrected chi connectivity index (χ4v) is 4.02. The molecule has 0 bridgehead atoms. The molecule has 8 heteroatoms. The molecular weight excluding hydrogens is 388 g/mol. The topological polar surface area (TPSA) is 74.0 Å². The van der Waals surface area contributed by atoms with Crippen molar-refractivity contribution in [1.82, 2.24) is 14.0 Å². The number of pyridine rings is 1. The van der Waals surface area contributed by atoms with Crippen LogP contribution >= 0.6 is 15.9 Å². The third-order valence-corrected chi connectivity index (χ3v) is 5.44. The second kappa shape index (κ2) is 4.95. The Morgan fingerprint density at radius 3 is 3.04 bits per heavy atom. The quantitative estimate of drug-likeness (QED) is 0.492. The van der Waals surface area contributed by atoms with Crippen LogP contribution in [-0.2, 0) is 13.5 Å². The Morgan fingerprint density at radius 1 is 1.40 bits per heavy atom. The molecule has 0 saturated heterocycles. The molecule has 0 saturated carbocycles. The van der Waals surface area contributed by atoms with Crippen molar-refractivity contribution in [3.05, 3.63) is 38.7 Å². The number of aliphatic imine (C=N–C) groups is 1. The van der Waals surface area contributed by atoms with Crippen LogP contribution in [0.25, 0.3) is 27.5 Å². The molecule has 0 fully saturated rings. The lowest BCUT2D eigenvalue weighted by molar-refractivity contribution is 0.411. The van der Waals surface area contributed by atoms with Crippen LogP contribution in [0.4, 0.5) is 0 Å². The Balaban J connectivity index is 2.22. The second-order valence-electron chi connectivity index (χ2n) is 5.98. The molecule has 0 unspecified atom stereocenters. The number of aryl methyl sites for hydroxylation is 1. The summed E-state index contributed by atoms with van der Waals surface area (Å²) in [6, 6.07) is 1.84. The van der Waals surface area contributed by atoms with Gasteiger partial charge in [-0.15, -0.1) is 0 Å². The van der Waals surface area contributed by atoms with E-state index in [9.17, 15) is 4.79 Å². The normalized spacial score (nSPS) is 13.9. The van der Waals surface area contributed by atoms with E-state index in [2.05, 4.69) is 25.9 Å². The van der Waals surface area contributed by atoms with E-state index < -0.39 is 0 Å². The zero-order valence-electron chi connectivity index (χ0n) is 13.5. The molecule has 4 heterocycles. The predicted molar refractivity (Wildman–Crippen MR) is 98.1 cm³/mol. The zero-order chi connectivity index (χ0) is 17.3. The van der Waals surface area contributed by atoms with Crippen LogP contribution in [0.2, 0.25) is 0 Å². The molecule has 25 heavy (non-hydrogen) atoms. The zero-order valence-corrected chi connectivity index (χ0v) is 15.1. The van der Waals surface area contributed by atoms with Gasteiger partial charge in [-0.05, 0) is 15.9 Å². The number of aromatic nitrogens is 3. The summed E-state index contributed by atoms with van der Waals surface area (Å²) in [6.45, 7) is 0.628. The Morgan fingerprint density at radius 2 is 2.24 bits per heavy atom. The summed E-state index contributed by atoms with van der Waals surface area (Å²) < 4.78 is 15.7. The monoisotopic (exact) mass is 400 g/mol. The highest BCUT2D eigenvalue weighted by atomic mass is 79.9. The Bertz CT molecular complexity index is 1280. The number of nitrogens with zero attached hydrogens (tertiary/aromatic N) is 4. The molecule has 4 aromatic rings. The van der Waals surface area contributed by atoms with Crippen LogP contribution in [0.5, 0.6) is 5.75 Å². The number of halogens is 1. The summed E-state index contributed by atoms with van der Waals surface area (Å²) in [6.07, 6.45) is 4.04. The highest BCUT2D eigenvalue weighted by Crippen LogP contribution is 2.39. The minimum absolute atomic E-state index is 0.145. The highest BCUT2D eigenvalue weighted by molar-refractivity contribution is 9.10. The van der Waals surface area contributed by atoms with E-state index in [1.807, 2.05) is 6.07 Å². The van der Waals surface area contributed by atoms with Gasteiger partial charge in [-0.1, -0.05) is 0 Å². The van der Waals surface area contributed by atoms with Crippen molar-refractivity contribution in [3.63, 3.8) is 0 Å². The molecular formula is C17H13BrN4O3. The molecule has 1 aromatic carbocycles. The fourth-order valence-electron chi connectivity index (χ4n) is 3.46. The molecule has 7 nitrogen and oxygen atoms in total. The van der Waals surface area contributed by atoms with Crippen molar-refractivity contribution in [1.29, 1.82) is 0 Å². The maximum atomic E-state index is 12.9. The number of hydrogen-bond donors (Lipinski definition) is 0. The molecule has 0 aliphatic carbocycles. The van der Waals surface area contributed by atoms with E-state index in [4.69, 9.17) is 9.15 Å². The molecule has 1 aliphatic rings. The molecule has 0 spiro atoms. The van der Waals surface area contributed by atoms with Crippen molar-refractivity contribution in [2.45, 2.75) is 6.42 Å². The van der Waals surface area contributed by atoms with Gasteiger partial charge < -0.3 is 9.15 Å². The SMILES string of the molecule is COc1cc2ncc3c4c2c(oc2c(n4c(=O)n3C)C=NCC2)c1Br. The maximum Gasteiger partial charge on any atom is 0.333 e. The van der Waals surface area contributed by atoms with Crippen molar-refractivity contribution < 1.29 is 9.15 Å². The van der Waals surface area contributed by atoms with Crippen molar-refractivity contribution in [2.24, 2.45) is 12.0 Å². The Kier molecular flexibility index (Phi) is 2.91. The van der Waals surface area contributed by atoms with E-state index >= 15 is 0 Å². The molecule has 0 atom stereocenters.